The lowest BCUT2D eigenvalue weighted by Gasteiger charge is -2.38. The number of rotatable bonds is 4. The van der Waals surface area contributed by atoms with Crippen LogP contribution in [0, 0.1) is 6.92 Å². The van der Waals surface area contributed by atoms with Gasteiger partial charge in [0.05, 0.1) is 0 Å². The Balaban J connectivity index is 1.77. The largest absolute Gasteiger partial charge is 0.489 e. The number of benzene rings is 2. The zero-order valence-corrected chi connectivity index (χ0v) is 11.9. The van der Waals surface area contributed by atoms with Gasteiger partial charge in [-0.3, -0.25) is 0 Å². The second kappa shape index (κ2) is 5.29. The molecule has 0 spiro atoms. The third-order valence-corrected chi connectivity index (χ3v) is 4.25. The molecule has 3 rings (SSSR count). The Morgan fingerprint density at radius 2 is 1.85 bits per heavy atom. The average molecular weight is 267 g/mol. The first-order chi connectivity index (χ1) is 9.67. The molecule has 0 amide bonds. The molecule has 0 atom stereocenters. The highest BCUT2D eigenvalue weighted by Gasteiger charge is 2.34. The van der Waals surface area contributed by atoms with Crippen molar-refractivity contribution in [2.75, 3.05) is 0 Å². The Bertz CT molecular complexity index is 588. The SMILES string of the molecule is Cc1ccc(C2(N)CCC2)cc1OCc1ccccc1. The van der Waals surface area contributed by atoms with Crippen LogP contribution in [-0.2, 0) is 12.1 Å². The van der Waals surface area contributed by atoms with Crippen molar-refractivity contribution in [1.82, 2.24) is 0 Å². The lowest BCUT2D eigenvalue weighted by Crippen LogP contribution is -2.43. The van der Waals surface area contributed by atoms with Crippen LogP contribution in [-0.4, -0.2) is 0 Å². The lowest BCUT2D eigenvalue weighted by molar-refractivity contribution is 0.250. The molecule has 104 valence electrons. The second-order valence-corrected chi connectivity index (χ2v) is 5.76. The van der Waals surface area contributed by atoms with Crippen molar-refractivity contribution in [1.29, 1.82) is 0 Å². The van der Waals surface area contributed by atoms with E-state index in [4.69, 9.17) is 10.5 Å². The summed E-state index contributed by atoms with van der Waals surface area (Å²) in [4.78, 5) is 0. The van der Waals surface area contributed by atoms with Crippen LogP contribution in [0.3, 0.4) is 0 Å². The molecular weight excluding hydrogens is 246 g/mol. The highest BCUT2D eigenvalue weighted by atomic mass is 16.5. The van der Waals surface area contributed by atoms with Crippen molar-refractivity contribution in [2.45, 2.75) is 38.3 Å². The summed E-state index contributed by atoms with van der Waals surface area (Å²) in [6.07, 6.45) is 3.38. The van der Waals surface area contributed by atoms with Crippen LogP contribution in [0.25, 0.3) is 0 Å². The van der Waals surface area contributed by atoms with Crippen molar-refractivity contribution in [3.8, 4) is 5.75 Å². The van der Waals surface area contributed by atoms with Crippen molar-refractivity contribution in [2.24, 2.45) is 5.73 Å². The van der Waals surface area contributed by atoms with Crippen LogP contribution in [0.4, 0.5) is 0 Å². The predicted octanol–water partition coefficient (Wildman–Crippen LogP) is 3.91. The van der Waals surface area contributed by atoms with Gasteiger partial charge >= 0.3 is 0 Å². The smallest absolute Gasteiger partial charge is 0.123 e. The normalized spacial score (nSPS) is 16.5. The molecule has 1 aliphatic rings. The fourth-order valence-corrected chi connectivity index (χ4v) is 2.65. The first-order valence-electron chi connectivity index (χ1n) is 7.24. The summed E-state index contributed by atoms with van der Waals surface area (Å²) in [6.45, 7) is 2.68. The van der Waals surface area contributed by atoms with Crippen LogP contribution in [0.2, 0.25) is 0 Å². The van der Waals surface area contributed by atoms with E-state index in [0.29, 0.717) is 6.61 Å². The molecule has 0 bridgehead atoms. The van der Waals surface area contributed by atoms with Gasteiger partial charge in [-0.2, -0.15) is 0 Å². The highest BCUT2D eigenvalue weighted by molar-refractivity contribution is 5.40. The van der Waals surface area contributed by atoms with Gasteiger partial charge in [-0.25, -0.2) is 0 Å². The molecule has 0 radical (unpaired) electrons. The maximum Gasteiger partial charge on any atom is 0.123 e. The number of hydrogen-bond donors (Lipinski definition) is 1. The fraction of sp³-hybridized carbons (Fsp3) is 0.333. The number of ether oxygens (including phenoxy) is 1. The molecule has 1 aliphatic carbocycles. The molecule has 0 aromatic heterocycles. The summed E-state index contributed by atoms with van der Waals surface area (Å²) in [5, 5.41) is 0. The molecule has 1 fully saturated rings. The zero-order chi connectivity index (χ0) is 14.0. The predicted molar refractivity (Wildman–Crippen MR) is 81.7 cm³/mol. The van der Waals surface area contributed by atoms with Crippen molar-refractivity contribution in [3.05, 3.63) is 65.2 Å². The summed E-state index contributed by atoms with van der Waals surface area (Å²) in [5.74, 6) is 0.947. The molecule has 2 nitrogen and oxygen atoms in total. The van der Waals surface area contributed by atoms with E-state index in [2.05, 4.69) is 37.3 Å². The molecule has 0 saturated heterocycles. The van der Waals surface area contributed by atoms with E-state index in [9.17, 15) is 0 Å². The second-order valence-electron chi connectivity index (χ2n) is 5.76. The van der Waals surface area contributed by atoms with Crippen molar-refractivity contribution >= 4 is 0 Å². The van der Waals surface area contributed by atoms with Gasteiger partial charge in [-0.05, 0) is 48.9 Å². The Morgan fingerprint density at radius 3 is 2.50 bits per heavy atom. The molecule has 1 saturated carbocycles. The van der Waals surface area contributed by atoms with Gasteiger partial charge < -0.3 is 10.5 Å². The van der Waals surface area contributed by atoms with E-state index >= 15 is 0 Å². The minimum Gasteiger partial charge on any atom is -0.489 e. The Labute approximate surface area is 120 Å². The summed E-state index contributed by atoms with van der Waals surface area (Å²) in [5.41, 5.74) is 9.82. The van der Waals surface area contributed by atoms with E-state index in [0.717, 1.165) is 24.2 Å². The van der Waals surface area contributed by atoms with Crippen LogP contribution in [0.5, 0.6) is 5.75 Å². The van der Waals surface area contributed by atoms with Gasteiger partial charge in [0.25, 0.3) is 0 Å². The monoisotopic (exact) mass is 267 g/mol. The molecule has 0 unspecified atom stereocenters. The molecule has 0 heterocycles. The van der Waals surface area contributed by atoms with Crippen molar-refractivity contribution < 1.29 is 4.74 Å². The Morgan fingerprint density at radius 1 is 1.10 bits per heavy atom. The molecular formula is C18H21NO. The maximum absolute atomic E-state index is 6.39. The number of aryl methyl sites for hydroxylation is 1. The Hall–Kier alpha value is -1.80. The zero-order valence-electron chi connectivity index (χ0n) is 11.9. The van der Waals surface area contributed by atoms with Gasteiger partial charge in [-0.15, -0.1) is 0 Å². The van der Waals surface area contributed by atoms with E-state index in [1.807, 2.05) is 18.2 Å². The molecule has 2 aromatic carbocycles. The topological polar surface area (TPSA) is 35.2 Å². The number of hydrogen-bond acceptors (Lipinski definition) is 2. The van der Waals surface area contributed by atoms with E-state index in [1.165, 1.54) is 17.5 Å². The van der Waals surface area contributed by atoms with Gasteiger partial charge in [0.1, 0.15) is 12.4 Å². The first kappa shape index (κ1) is 13.2. The standard InChI is InChI=1S/C18H21NO/c1-14-8-9-16(18(19)10-5-11-18)12-17(14)20-13-15-6-3-2-4-7-15/h2-4,6-9,12H,5,10-11,13,19H2,1H3. The van der Waals surface area contributed by atoms with E-state index in [1.54, 1.807) is 0 Å². The van der Waals surface area contributed by atoms with Crippen LogP contribution in [0.15, 0.2) is 48.5 Å². The quantitative estimate of drug-likeness (QED) is 0.911. The van der Waals surface area contributed by atoms with Gasteiger partial charge in [0, 0.05) is 5.54 Å². The van der Waals surface area contributed by atoms with Crippen LogP contribution in [0.1, 0.15) is 36.0 Å². The maximum atomic E-state index is 6.39. The van der Waals surface area contributed by atoms with Gasteiger partial charge in [-0.1, -0.05) is 42.5 Å². The molecule has 0 aliphatic heterocycles. The van der Waals surface area contributed by atoms with E-state index < -0.39 is 0 Å². The molecule has 2 heteroatoms. The van der Waals surface area contributed by atoms with Crippen LogP contribution >= 0.6 is 0 Å². The summed E-state index contributed by atoms with van der Waals surface area (Å²) in [7, 11) is 0. The minimum absolute atomic E-state index is 0.126. The minimum atomic E-state index is -0.126. The molecule has 2 N–H and O–H groups in total. The summed E-state index contributed by atoms with van der Waals surface area (Å²) < 4.78 is 5.97. The first-order valence-corrected chi connectivity index (χ1v) is 7.24. The fourth-order valence-electron chi connectivity index (χ4n) is 2.65. The highest BCUT2D eigenvalue weighted by Crippen LogP contribution is 2.40. The van der Waals surface area contributed by atoms with E-state index in [-0.39, 0.29) is 5.54 Å². The van der Waals surface area contributed by atoms with Crippen molar-refractivity contribution in [3.63, 3.8) is 0 Å². The summed E-state index contributed by atoms with van der Waals surface area (Å²) >= 11 is 0. The Kier molecular flexibility index (Phi) is 3.49. The summed E-state index contributed by atoms with van der Waals surface area (Å²) in [6, 6.07) is 16.6. The third kappa shape index (κ3) is 2.56. The van der Waals surface area contributed by atoms with Crippen LogP contribution < -0.4 is 10.5 Å². The van der Waals surface area contributed by atoms with Gasteiger partial charge in [0.15, 0.2) is 0 Å². The number of nitrogens with two attached hydrogens (primary N) is 1. The van der Waals surface area contributed by atoms with Gasteiger partial charge in [0.2, 0.25) is 0 Å². The molecule has 2 aromatic rings. The molecule has 20 heavy (non-hydrogen) atoms. The lowest BCUT2D eigenvalue weighted by atomic mass is 9.72. The average Bonchev–Trinajstić information content (AvgIpc) is 2.45. The third-order valence-electron chi connectivity index (χ3n) is 4.25.